The van der Waals surface area contributed by atoms with Crippen molar-refractivity contribution in [2.75, 3.05) is 0 Å². The summed E-state index contributed by atoms with van der Waals surface area (Å²) in [6.45, 7) is 4.10. The van der Waals surface area contributed by atoms with Gasteiger partial charge in [0.05, 0.1) is 5.69 Å². The molecule has 0 aliphatic heterocycles. The lowest BCUT2D eigenvalue weighted by Crippen LogP contribution is -1.96. The lowest BCUT2D eigenvalue weighted by molar-refractivity contribution is 1.01. The monoisotopic (exact) mass is 419 g/mol. The molecule has 2 atom stereocenters. The molecular weight excluding hydrogens is 405 g/mol. The highest BCUT2D eigenvalue weighted by atomic mass is 127. The van der Waals surface area contributed by atoms with Crippen LogP contribution in [-0.2, 0) is 0 Å². The van der Waals surface area contributed by atoms with Gasteiger partial charge >= 0.3 is 0 Å². The smallest absolute Gasteiger partial charge is 0.199 e. The van der Waals surface area contributed by atoms with Gasteiger partial charge in [0.15, 0.2) is 4.77 Å². The van der Waals surface area contributed by atoms with Gasteiger partial charge in [0, 0.05) is 5.39 Å². The van der Waals surface area contributed by atoms with Gasteiger partial charge in [0.1, 0.15) is 6.33 Å². The number of H-pyrrole nitrogens is 1. The largest absolute Gasteiger partial charge is 0.274 e. The number of hydrogen-bond acceptors (Lipinski definition) is 2. The van der Waals surface area contributed by atoms with Gasteiger partial charge in [-0.2, -0.15) is 5.10 Å². The molecule has 3 aromatic rings. The summed E-state index contributed by atoms with van der Waals surface area (Å²) >= 11 is 7.67. The van der Waals surface area contributed by atoms with Crippen molar-refractivity contribution in [1.29, 1.82) is 0 Å². The highest BCUT2D eigenvalue weighted by Crippen LogP contribution is 2.54. The van der Waals surface area contributed by atoms with Gasteiger partial charge < -0.3 is 0 Å². The number of hydrogen-bond donors (Lipinski definition) is 1. The third-order valence-corrected chi connectivity index (χ3v) is 5.43. The number of nitrogens with one attached hydrogen (secondary N) is 1. The van der Waals surface area contributed by atoms with E-state index >= 15 is 0 Å². The van der Waals surface area contributed by atoms with E-state index in [1.165, 1.54) is 26.3 Å². The van der Waals surface area contributed by atoms with Crippen molar-refractivity contribution in [2.24, 2.45) is 5.92 Å². The normalized spacial score (nSPS) is 20.2. The predicted octanol–water partition coefficient (Wildman–Crippen LogP) is 5.14. The number of nitrogens with zero attached hydrogens (tertiary/aromatic N) is 2. The van der Waals surface area contributed by atoms with Gasteiger partial charge in [-0.1, -0.05) is 36.9 Å². The Morgan fingerprint density at radius 1 is 1.27 bits per heavy atom. The van der Waals surface area contributed by atoms with Crippen LogP contribution < -0.4 is 0 Å². The molecule has 4 rings (SSSR count). The van der Waals surface area contributed by atoms with Crippen LogP contribution in [0.4, 0.5) is 0 Å². The Morgan fingerprint density at radius 2 is 2.05 bits per heavy atom. The molecule has 0 bridgehead atoms. The van der Waals surface area contributed by atoms with Gasteiger partial charge in [0.2, 0.25) is 0 Å². The second kappa shape index (κ2) is 5.31. The van der Waals surface area contributed by atoms with Crippen molar-refractivity contribution in [3.8, 4) is 5.69 Å². The highest BCUT2D eigenvalue weighted by Gasteiger charge is 2.40. The molecule has 0 amide bonds. The SMILES string of the molecule is C=C(I)C1CC1c1ccc(-n2cn[nH]c2=S)c2ccccc12. The van der Waals surface area contributed by atoms with Crippen molar-refractivity contribution in [3.05, 3.63) is 63.2 Å². The number of aromatic amines is 1. The van der Waals surface area contributed by atoms with Crippen LogP contribution in [0.1, 0.15) is 17.9 Å². The van der Waals surface area contributed by atoms with Crippen molar-refractivity contribution >= 4 is 45.6 Å². The maximum Gasteiger partial charge on any atom is 0.199 e. The fourth-order valence-corrected chi connectivity index (χ4v) is 4.03. The fourth-order valence-electron chi connectivity index (χ4n) is 3.14. The number of allylic oxidation sites excluding steroid dienone is 1. The molecule has 0 spiro atoms. The molecule has 1 aliphatic rings. The molecule has 5 heteroatoms. The van der Waals surface area contributed by atoms with E-state index in [0.29, 0.717) is 16.6 Å². The third-order valence-electron chi connectivity index (χ3n) is 4.34. The van der Waals surface area contributed by atoms with Crippen LogP contribution >= 0.6 is 34.8 Å². The Kier molecular flexibility index (Phi) is 3.41. The van der Waals surface area contributed by atoms with Gasteiger partial charge in [-0.05, 0) is 73.7 Å². The minimum atomic E-state index is 0.598. The molecule has 3 nitrogen and oxygen atoms in total. The Labute approximate surface area is 147 Å². The molecule has 0 saturated heterocycles. The number of fused-ring (bicyclic) bond motifs is 1. The summed E-state index contributed by atoms with van der Waals surface area (Å²) in [6.07, 6.45) is 2.94. The van der Waals surface area contributed by atoms with E-state index in [4.69, 9.17) is 12.2 Å². The zero-order chi connectivity index (χ0) is 15.3. The number of aromatic nitrogens is 3. The molecule has 110 valence electrons. The van der Waals surface area contributed by atoms with E-state index in [9.17, 15) is 0 Å². The Bertz CT molecular complexity index is 940. The van der Waals surface area contributed by atoms with E-state index in [1.54, 1.807) is 6.33 Å². The second-order valence-electron chi connectivity index (χ2n) is 5.65. The third kappa shape index (κ3) is 2.23. The molecule has 1 aromatic heterocycles. The van der Waals surface area contributed by atoms with Crippen molar-refractivity contribution in [1.82, 2.24) is 14.8 Å². The van der Waals surface area contributed by atoms with Crippen molar-refractivity contribution < 1.29 is 0 Å². The number of halogens is 1. The zero-order valence-corrected chi connectivity index (χ0v) is 14.8. The van der Waals surface area contributed by atoms with Crippen LogP contribution in [0.2, 0.25) is 0 Å². The van der Waals surface area contributed by atoms with Gasteiger partial charge in [-0.15, -0.1) is 0 Å². The van der Waals surface area contributed by atoms with Crippen LogP contribution in [0.3, 0.4) is 0 Å². The second-order valence-corrected chi connectivity index (χ2v) is 7.42. The summed E-state index contributed by atoms with van der Waals surface area (Å²) in [4.78, 5) is 0. The van der Waals surface area contributed by atoms with E-state index in [-0.39, 0.29) is 0 Å². The Balaban J connectivity index is 1.92. The van der Waals surface area contributed by atoms with E-state index < -0.39 is 0 Å². The summed E-state index contributed by atoms with van der Waals surface area (Å²) in [7, 11) is 0. The first-order valence-electron chi connectivity index (χ1n) is 7.15. The van der Waals surface area contributed by atoms with Gasteiger partial charge in [0.25, 0.3) is 0 Å². The van der Waals surface area contributed by atoms with Crippen LogP contribution in [0.5, 0.6) is 0 Å². The molecule has 1 fully saturated rings. The van der Waals surface area contributed by atoms with E-state index in [1.807, 2.05) is 4.57 Å². The minimum Gasteiger partial charge on any atom is -0.274 e. The molecule has 2 aromatic carbocycles. The summed E-state index contributed by atoms with van der Waals surface area (Å²) in [5.74, 6) is 1.21. The number of rotatable bonds is 3. The standard InChI is InChI=1S/C17H14IN3S/c1-10(18)14-8-15(14)12-6-7-16(21-9-19-20-17(21)22)13-5-3-2-4-11(12)13/h2-7,9,14-15H,1,8H2,(H,20,22). The van der Waals surface area contributed by atoms with Crippen LogP contribution in [-0.4, -0.2) is 14.8 Å². The average molecular weight is 419 g/mol. The summed E-state index contributed by atoms with van der Waals surface area (Å²) in [5, 5.41) is 9.36. The van der Waals surface area contributed by atoms with Crippen LogP contribution in [0.25, 0.3) is 16.5 Å². The van der Waals surface area contributed by atoms with Crippen molar-refractivity contribution in [3.63, 3.8) is 0 Å². The molecule has 1 aliphatic carbocycles. The van der Waals surface area contributed by atoms with Crippen LogP contribution in [0.15, 0.2) is 52.9 Å². The molecular formula is C17H14IN3S. The Morgan fingerprint density at radius 3 is 2.68 bits per heavy atom. The van der Waals surface area contributed by atoms with Gasteiger partial charge in [-0.3, -0.25) is 9.67 Å². The molecule has 2 unspecified atom stereocenters. The lowest BCUT2D eigenvalue weighted by Gasteiger charge is -2.11. The molecule has 1 saturated carbocycles. The maximum absolute atomic E-state index is 5.31. The first kappa shape index (κ1) is 14.1. The zero-order valence-electron chi connectivity index (χ0n) is 11.8. The summed E-state index contributed by atoms with van der Waals surface area (Å²) in [5.41, 5.74) is 2.49. The first-order chi connectivity index (χ1) is 10.7. The quantitative estimate of drug-likeness (QED) is 0.472. The highest BCUT2D eigenvalue weighted by molar-refractivity contribution is 14.1. The lowest BCUT2D eigenvalue weighted by atomic mass is 9.98. The first-order valence-corrected chi connectivity index (χ1v) is 8.64. The summed E-state index contributed by atoms with van der Waals surface area (Å²) < 4.78 is 3.79. The summed E-state index contributed by atoms with van der Waals surface area (Å²) in [6, 6.07) is 12.9. The van der Waals surface area contributed by atoms with Crippen molar-refractivity contribution in [2.45, 2.75) is 12.3 Å². The topological polar surface area (TPSA) is 33.6 Å². The maximum atomic E-state index is 5.31. The number of benzene rings is 2. The Hall–Kier alpha value is -1.47. The van der Waals surface area contributed by atoms with E-state index in [2.05, 4.69) is 75.8 Å². The molecule has 0 radical (unpaired) electrons. The predicted molar refractivity (Wildman–Crippen MR) is 100 cm³/mol. The fraction of sp³-hybridized carbons (Fsp3) is 0.176. The molecule has 1 heterocycles. The molecule has 1 N–H and O–H groups in total. The van der Waals surface area contributed by atoms with Gasteiger partial charge in [-0.25, -0.2) is 0 Å². The molecule has 22 heavy (non-hydrogen) atoms. The van der Waals surface area contributed by atoms with Crippen LogP contribution in [0, 0.1) is 10.7 Å². The minimum absolute atomic E-state index is 0.598. The average Bonchev–Trinajstić information content (AvgIpc) is 3.22. The van der Waals surface area contributed by atoms with E-state index in [0.717, 1.165) is 5.69 Å².